The van der Waals surface area contributed by atoms with Crippen LogP contribution in [0.15, 0.2) is 53.1 Å². The van der Waals surface area contributed by atoms with Crippen molar-refractivity contribution in [1.29, 1.82) is 0 Å². The number of hydrogen-bond acceptors (Lipinski definition) is 5. The average molecular weight is 436 g/mol. The van der Waals surface area contributed by atoms with Crippen LogP contribution >= 0.6 is 27.5 Å². The summed E-state index contributed by atoms with van der Waals surface area (Å²) in [7, 11) is 1.33. The molecule has 0 aliphatic heterocycles. The molecule has 0 aliphatic carbocycles. The molecule has 0 atom stereocenters. The van der Waals surface area contributed by atoms with Gasteiger partial charge >= 0.3 is 5.97 Å². The number of nitrogens with zero attached hydrogens (tertiary/aromatic N) is 1. The minimum Gasteiger partial charge on any atom is -0.467 e. The Balaban J connectivity index is 1.88. The van der Waals surface area contributed by atoms with Crippen LogP contribution in [-0.4, -0.2) is 24.7 Å². The van der Waals surface area contributed by atoms with Gasteiger partial charge in [0, 0.05) is 38.0 Å². The number of rotatable bonds is 6. The summed E-state index contributed by atoms with van der Waals surface area (Å²) in [6, 6.07) is 13.3. The predicted molar refractivity (Wildman–Crippen MR) is 106 cm³/mol. The van der Waals surface area contributed by atoms with Gasteiger partial charge in [0.2, 0.25) is 0 Å². The van der Waals surface area contributed by atoms with Gasteiger partial charge in [-0.1, -0.05) is 33.6 Å². The van der Waals surface area contributed by atoms with E-state index in [1.165, 1.54) is 7.11 Å². The highest BCUT2D eigenvalue weighted by Crippen LogP contribution is 2.30. The Bertz CT molecular complexity index is 949. The number of carbonyl (C=O) groups is 1. The van der Waals surface area contributed by atoms with E-state index in [2.05, 4.69) is 31.0 Å². The lowest BCUT2D eigenvalue weighted by Gasteiger charge is -2.14. The topological polar surface area (TPSA) is 60.5 Å². The molecule has 0 radical (unpaired) electrons. The summed E-state index contributed by atoms with van der Waals surface area (Å²) >= 11 is 9.65. The van der Waals surface area contributed by atoms with Crippen molar-refractivity contribution >= 4 is 55.8 Å². The number of hydrogen-bond donors (Lipinski definition) is 1. The Labute approximate surface area is 164 Å². The first kappa shape index (κ1) is 18.6. The van der Waals surface area contributed by atoms with Crippen LogP contribution in [0.5, 0.6) is 0 Å². The van der Waals surface area contributed by atoms with Crippen LogP contribution in [0.2, 0.25) is 5.02 Å². The molecule has 3 rings (SSSR count). The molecule has 3 aromatic rings. The second-order valence-electron chi connectivity index (χ2n) is 5.52. The quantitative estimate of drug-likeness (QED) is 0.547. The number of esters is 1. The second kappa shape index (κ2) is 8.49. The second-order valence-corrected chi connectivity index (χ2v) is 6.87. The van der Waals surface area contributed by atoms with Crippen molar-refractivity contribution in [2.75, 3.05) is 19.0 Å². The highest BCUT2D eigenvalue weighted by Gasteiger charge is 2.09. The van der Waals surface area contributed by atoms with Crippen molar-refractivity contribution in [3.63, 3.8) is 0 Å². The minimum atomic E-state index is -0.418. The van der Waals surface area contributed by atoms with Crippen molar-refractivity contribution in [3.05, 3.63) is 63.7 Å². The molecule has 1 N–H and O–H groups in total. The van der Waals surface area contributed by atoms with E-state index in [-0.39, 0.29) is 13.2 Å². The summed E-state index contributed by atoms with van der Waals surface area (Å²) in [5, 5.41) is 4.97. The van der Waals surface area contributed by atoms with E-state index in [4.69, 9.17) is 16.3 Å². The largest absolute Gasteiger partial charge is 0.467 e. The number of pyridine rings is 1. The van der Waals surface area contributed by atoms with Crippen molar-refractivity contribution in [2.24, 2.45) is 0 Å². The lowest BCUT2D eigenvalue weighted by molar-refractivity contribution is -0.146. The number of benzene rings is 2. The molecular formula is C19H16BrClN2O3. The van der Waals surface area contributed by atoms with Crippen LogP contribution in [0, 0.1) is 0 Å². The number of carbonyl (C=O) groups excluding carboxylic acids is 1. The lowest BCUT2D eigenvalue weighted by atomic mass is 10.1. The molecule has 5 nitrogen and oxygen atoms in total. The molecule has 0 unspecified atom stereocenters. The third-order valence-corrected chi connectivity index (χ3v) is 4.48. The molecule has 0 saturated carbocycles. The number of halogens is 2. The van der Waals surface area contributed by atoms with Crippen molar-refractivity contribution in [3.8, 4) is 0 Å². The van der Waals surface area contributed by atoms with Gasteiger partial charge in [0.1, 0.15) is 6.61 Å². The van der Waals surface area contributed by atoms with Crippen LogP contribution in [0.25, 0.3) is 10.9 Å². The molecule has 7 heteroatoms. The molecule has 26 heavy (non-hydrogen) atoms. The monoisotopic (exact) mass is 434 g/mol. The maximum absolute atomic E-state index is 11.2. The molecule has 0 amide bonds. The fourth-order valence-corrected chi connectivity index (χ4v) is 3.00. The van der Waals surface area contributed by atoms with Gasteiger partial charge in [-0.3, -0.25) is 4.98 Å². The van der Waals surface area contributed by atoms with E-state index in [0.717, 1.165) is 32.3 Å². The van der Waals surface area contributed by atoms with Crippen LogP contribution in [-0.2, 0) is 20.9 Å². The van der Waals surface area contributed by atoms with E-state index >= 15 is 0 Å². The van der Waals surface area contributed by atoms with Crippen LogP contribution in [0.4, 0.5) is 11.4 Å². The van der Waals surface area contributed by atoms with Crippen molar-refractivity contribution in [2.45, 2.75) is 6.61 Å². The zero-order chi connectivity index (χ0) is 18.5. The Morgan fingerprint density at radius 1 is 1.19 bits per heavy atom. The highest BCUT2D eigenvalue weighted by molar-refractivity contribution is 9.10. The van der Waals surface area contributed by atoms with Crippen LogP contribution in [0.1, 0.15) is 5.56 Å². The molecule has 0 saturated heterocycles. The van der Waals surface area contributed by atoms with E-state index in [9.17, 15) is 4.79 Å². The molecule has 1 aromatic heterocycles. The van der Waals surface area contributed by atoms with Crippen molar-refractivity contribution in [1.82, 2.24) is 4.98 Å². The molecular weight excluding hydrogens is 420 g/mol. The highest BCUT2D eigenvalue weighted by atomic mass is 79.9. The van der Waals surface area contributed by atoms with E-state index in [1.807, 2.05) is 36.4 Å². The average Bonchev–Trinajstić information content (AvgIpc) is 2.63. The van der Waals surface area contributed by atoms with E-state index < -0.39 is 5.97 Å². The minimum absolute atomic E-state index is 0.107. The summed E-state index contributed by atoms with van der Waals surface area (Å²) in [6.45, 7) is 0.144. The molecule has 0 spiro atoms. The van der Waals surface area contributed by atoms with Gasteiger partial charge in [-0.15, -0.1) is 0 Å². The number of fused-ring (bicyclic) bond motifs is 1. The van der Waals surface area contributed by atoms with Gasteiger partial charge in [0.25, 0.3) is 0 Å². The van der Waals surface area contributed by atoms with Crippen molar-refractivity contribution < 1.29 is 14.3 Å². The predicted octanol–water partition coefficient (Wildman–Crippen LogP) is 5.08. The number of ether oxygens (including phenoxy) is 2. The van der Waals surface area contributed by atoms with E-state index in [0.29, 0.717) is 5.02 Å². The smallest absolute Gasteiger partial charge is 0.331 e. The number of methoxy groups -OCH3 is 1. The summed E-state index contributed by atoms with van der Waals surface area (Å²) in [5.41, 5.74) is 3.45. The lowest BCUT2D eigenvalue weighted by Crippen LogP contribution is -2.10. The normalized spacial score (nSPS) is 10.7. The first-order valence-electron chi connectivity index (χ1n) is 7.81. The summed E-state index contributed by atoms with van der Waals surface area (Å²) in [4.78, 5) is 15.6. The SMILES string of the molecule is COC(=O)COCc1ccc(Cl)cc1Nc1ccnc2ccc(Br)cc12. The Morgan fingerprint density at radius 3 is 2.85 bits per heavy atom. The van der Waals surface area contributed by atoms with E-state index in [1.54, 1.807) is 12.3 Å². The number of nitrogens with one attached hydrogen (secondary N) is 1. The van der Waals surface area contributed by atoms with Gasteiger partial charge in [-0.05, 0) is 36.4 Å². The third kappa shape index (κ3) is 4.52. The molecule has 134 valence electrons. The van der Waals surface area contributed by atoms with Gasteiger partial charge in [0.05, 0.1) is 19.2 Å². The molecule has 0 aliphatic rings. The van der Waals surface area contributed by atoms with Gasteiger partial charge in [-0.25, -0.2) is 4.79 Å². The maximum atomic E-state index is 11.2. The zero-order valence-electron chi connectivity index (χ0n) is 14.0. The first-order chi connectivity index (χ1) is 12.6. The van der Waals surface area contributed by atoms with Crippen LogP contribution < -0.4 is 5.32 Å². The van der Waals surface area contributed by atoms with Gasteiger partial charge in [0.15, 0.2) is 0 Å². The number of anilines is 2. The fourth-order valence-electron chi connectivity index (χ4n) is 2.47. The summed E-state index contributed by atoms with van der Waals surface area (Å²) < 4.78 is 11.0. The zero-order valence-corrected chi connectivity index (χ0v) is 16.3. The number of aromatic nitrogens is 1. The molecule has 0 bridgehead atoms. The Kier molecular flexibility index (Phi) is 6.08. The summed E-state index contributed by atoms with van der Waals surface area (Å²) in [6.07, 6.45) is 1.75. The Morgan fingerprint density at radius 2 is 2.04 bits per heavy atom. The Hall–Kier alpha value is -2.15. The third-order valence-electron chi connectivity index (χ3n) is 3.75. The van der Waals surface area contributed by atoms with Gasteiger partial charge < -0.3 is 14.8 Å². The first-order valence-corrected chi connectivity index (χ1v) is 8.98. The summed E-state index contributed by atoms with van der Waals surface area (Å²) in [5.74, 6) is -0.418. The standard InChI is InChI=1S/C19H16BrClN2O3/c1-25-19(24)11-26-10-12-2-4-14(21)9-18(12)23-17-6-7-22-16-5-3-13(20)8-15(16)17/h2-9H,10-11H2,1H3,(H,22,23). The fraction of sp³-hybridized carbons (Fsp3) is 0.158. The molecule has 1 heterocycles. The molecule has 0 fully saturated rings. The van der Waals surface area contributed by atoms with Gasteiger partial charge in [-0.2, -0.15) is 0 Å². The van der Waals surface area contributed by atoms with Crippen LogP contribution in [0.3, 0.4) is 0 Å². The molecule has 2 aromatic carbocycles. The maximum Gasteiger partial charge on any atom is 0.331 e.